The summed E-state index contributed by atoms with van der Waals surface area (Å²) in [5.41, 5.74) is 5.90. The molecule has 30 heavy (non-hydrogen) atoms. The summed E-state index contributed by atoms with van der Waals surface area (Å²) in [6.07, 6.45) is 3.57. The molecule has 158 valence electrons. The molecule has 0 aliphatic carbocycles. The van der Waals surface area contributed by atoms with Gasteiger partial charge in [0.25, 0.3) is 0 Å². The Kier molecular flexibility index (Phi) is 5.59. The average Bonchev–Trinajstić information content (AvgIpc) is 3.24. The van der Waals surface area contributed by atoms with Crippen LogP contribution in [0.4, 0.5) is 16.3 Å². The molecule has 1 aromatic carbocycles. The Hall–Kier alpha value is -3.13. The van der Waals surface area contributed by atoms with Gasteiger partial charge in [0, 0.05) is 25.0 Å². The molecule has 0 saturated carbocycles. The zero-order valence-electron chi connectivity index (χ0n) is 17.9. The van der Waals surface area contributed by atoms with Crippen LogP contribution in [0.25, 0.3) is 5.69 Å². The van der Waals surface area contributed by atoms with E-state index in [0.29, 0.717) is 17.5 Å². The van der Waals surface area contributed by atoms with Crippen LogP contribution in [0, 0.1) is 27.7 Å². The van der Waals surface area contributed by atoms with Gasteiger partial charge in [-0.05, 0) is 63.8 Å². The van der Waals surface area contributed by atoms with Gasteiger partial charge in [0.1, 0.15) is 0 Å². The van der Waals surface area contributed by atoms with Crippen LogP contribution in [0.1, 0.15) is 41.4 Å². The molecule has 0 atom stereocenters. The van der Waals surface area contributed by atoms with Gasteiger partial charge in [-0.1, -0.05) is 6.07 Å². The van der Waals surface area contributed by atoms with E-state index in [9.17, 15) is 4.79 Å². The van der Waals surface area contributed by atoms with Gasteiger partial charge in [-0.25, -0.2) is 9.48 Å². The Morgan fingerprint density at radius 2 is 1.73 bits per heavy atom. The van der Waals surface area contributed by atoms with E-state index in [1.165, 1.54) is 11.1 Å². The van der Waals surface area contributed by atoms with Crippen molar-refractivity contribution in [2.45, 2.75) is 46.6 Å². The second-order valence-corrected chi connectivity index (χ2v) is 7.94. The van der Waals surface area contributed by atoms with E-state index in [1.54, 1.807) is 6.20 Å². The maximum Gasteiger partial charge on any atom is 0.324 e. The number of carbonyl (C=O) groups is 1. The molecule has 2 aromatic heterocycles. The number of rotatable bonds is 4. The third-order valence-electron chi connectivity index (χ3n) is 5.41. The smallest absolute Gasteiger partial charge is 0.324 e. The summed E-state index contributed by atoms with van der Waals surface area (Å²) in [6.45, 7) is 9.55. The molecule has 8 heteroatoms. The van der Waals surface area contributed by atoms with Crippen LogP contribution in [0.15, 0.2) is 30.5 Å². The van der Waals surface area contributed by atoms with Crippen molar-refractivity contribution in [1.29, 1.82) is 0 Å². The van der Waals surface area contributed by atoms with Crippen molar-refractivity contribution in [3.05, 3.63) is 53.0 Å². The lowest BCUT2D eigenvalue weighted by Crippen LogP contribution is -2.22. The summed E-state index contributed by atoms with van der Waals surface area (Å²) in [5.74, 6) is 0.499. The minimum absolute atomic E-state index is 0.313. The molecule has 0 bridgehead atoms. The number of aryl methyl sites for hydroxylation is 3. The average molecular weight is 409 g/mol. The van der Waals surface area contributed by atoms with Crippen LogP contribution in [0.2, 0.25) is 0 Å². The number of benzene rings is 1. The molecule has 0 unspecified atom stereocenters. The fourth-order valence-electron chi connectivity index (χ4n) is 3.98. The number of carbonyl (C=O) groups excluding carboxylic acids is 1. The summed E-state index contributed by atoms with van der Waals surface area (Å²) in [6, 6.07) is 8.10. The SMILES string of the molecule is Cc1cc(C)cc(-n2nc(NC(=O)Nc3cnn(C4CCOCC4)c3C)cc2C)c1. The fourth-order valence-corrected chi connectivity index (χ4v) is 3.98. The van der Waals surface area contributed by atoms with Crippen molar-refractivity contribution in [1.82, 2.24) is 19.6 Å². The first-order chi connectivity index (χ1) is 14.4. The quantitative estimate of drug-likeness (QED) is 0.674. The highest BCUT2D eigenvalue weighted by Crippen LogP contribution is 2.25. The number of amides is 2. The Bertz CT molecular complexity index is 1040. The second kappa shape index (κ2) is 8.31. The standard InChI is InChI=1S/C22H28N6O2/c1-14-9-15(2)11-19(10-14)27-16(3)12-21(26-27)25-22(29)24-20-13-23-28(17(20)4)18-5-7-30-8-6-18/h9-13,18H,5-8H2,1-4H3,(H2,24,25,26,29). The number of anilines is 2. The number of nitrogens with zero attached hydrogens (tertiary/aromatic N) is 4. The summed E-state index contributed by atoms with van der Waals surface area (Å²) in [4.78, 5) is 12.6. The van der Waals surface area contributed by atoms with Crippen LogP contribution in [0.5, 0.6) is 0 Å². The molecule has 3 heterocycles. The highest BCUT2D eigenvalue weighted by molar-refractivity contribution is 5.99. The largest absolute Gasteiger partial charge is 0.381 e. The third-order valence-corrected chi connectivity index (χ3v) is 5.41. The van der Waals surface area contributed by atoms with Crippen molar-refractivity contribution < 1.29 is 9.53 Å². The van der Waals surface area contributed by atoms with Crippen LogP contribution >= 0.6 is 0 Å². The van der Waals surface area contributed by atoms with Crippen molar-refractivity contribution in [3.8, 4) is 5.69 Å². The zero-order chi connectivity index (χ0) is 21.3. The monoisotopic (exact) mass is 408 g/mol. The maximum atomic E-state index is 12.6. The fraction of sp³-hybridized carbons (Fsp3) is 0.409. The molecule has 1 aliphatic rings. The highest BCUT2D eigenvalue weighted by Gasteiger charge is 2.20. The van der Waals surface area contributed by atoms with E-state index in [-0.39, 0.29) is 6.03 Å². The highest BCUT2D eigenvalue weighted by atomic mass is 16.5. The summed E-state index contributed by atoms with van der Waals surface area (Å²) in [7, 11) is 0. The number of urea groups is 1. The number of ether oxygens (including phenoxy) is 1. The molecular weight excluding hydrogens is 380 g/mol. The first kappa shape index (κ1) is 20.2. The van der Waals surface area contributed by atoms with Gasteiger partial charge in [-0.15, -0.1) is 5.10 Å². The number of aromatic nitrogens is 4. The summed E-state index contributed by atoms with van der Waals surface area (Å²) >= 11 is 0. The number of hydrogen-bond donors (Lipinski definition) is 2. The Morgan fingerprint density at radius 1 is 1.03 bits per heavy atom. The molecule has 4 rings (SSSR count). The van der Waals surface area contributed by atoms with Gasteiger partial charge >= 0.3 is 6.03 Å². The van der Waals surface area contributed by atoms with Crippen molar-refractivity contribution in [3.63, 3.8) is 0 Å². The zero-order valence-corrected chi connectivity index (χ0v) is 17.9. The minimum atomic E-state index is -0.338. The van der Waals surface area contributed by atoms with E-state index in [1.807, 2.05) is 29.3 Å². The van der Waals surface area contributed by atoms with Gasteiger partial charge in [0.2, 0.25) is 0 Å². The predicted octanol–water partition coefficient (Wildman–Crippen LogP) is 4.30. The van der Waals surface area contributed by atoms with E-state index < -0.39 is 0 Å². The van der Waals surface area contributed by atoms with Crippen molar-refractivity contribution in [2.24, 2.45) is 0 Å². The number of hydrogen-bond acceptors (Lipinski definition) is 4. The normalized spacial score (nSPS) is 14.7. The van der Waals surface area contributed by atoms with Crippen LogP contribution in [0.3, 0.4) is 0 Å². The van der Waals surface area contributed by atoms with Crippen LogP contribution in [-0.4, -0.2) is 38.8 Å². The number of nitrogens with one attached hydrogen (secondary N) is 2. The van der Waals surface area contributed by atoms with Gasteiger partial charge in [0.15, 0.2) is 5.82 Å². The molecule has 3 aromatic rings. The molecule has 1 saturated heterocycles. The molecule has 0 spiro atoms. The molecule has 8 nitrogen and oxygen atoms in total. The van der Waals surface area contributed by atoms with Crippen LogP contribution in [-0.2, 0) is 4.74 Å². The molecule has 2 amide bonds. The van der Waals surface area contributed by atoms with Crippen molar-refractivity contribution >= 4 is 17.5 Å². The van der Waals surface area contributed by atoms with E-state index in [2.05, 4.69) is 52.9 Å². The molecular formula is C22H28N6O2. The first-order valence-corrected chi connectivity index (χ1v) is 10.3. The lowest BCUT2D eigenvalue weighted by molar-refractivity contribution is 0.0657. The summed E-state index contributed by atoms with van der Waals surface area (Å²) in [5, 5.41) is 14.7. The summed E-state index contributed by atoms with van der Waals surface area (Å²) < 4.78 is 9.25. The van der Waals surface area contributed by atoms with Gasteiger partial charge in [0.05, 0.1) is 29.3 Å². The topological polar surface area (TPSA) is 86.0 Å². The molecule has 1 fully saturated rings. The molecule has 2 N–H and O–H groups in total. The molecule has 1 aliphatic heterocycles. The first-order valence-electron chi connectivity index (χ1n) is 10.3. The van der Waals surface area contributed by atoms with Gasteiger partial charge in [-0.2, -0.15) is 5.10 Å². The van der Waals surface area contributed by atoms with Crippen LogP contribution < -0.4 is 10.6 Å². The Morgan fingerprint density at radius 3 is 2.43 bits per heavy atom. The maximum absolute atomic E-state index is 12.6. The van der Waals surface area contributed by atoms with Gasteiger partial charge in [-0.3, -0.25) is 10.00 Å². The molecule has 0 radical (unpaired) electrons. The van der Waals surface area contributed by atoms with Crippen molar-refractivity contribution in [2.75, 3.05) is 23.8 Å². The lowest BCUT2D eigenvalue weighted by atomic mass is 10.1. The van der Waals surface area contributed by atoms with E-state index in [4.69, 9.17) is 4.74 Å². The van der Waals surface area contributed by atoms with E-state index in [0.717, 1.165) is 43.1 Å². The van der Waals surface area contributed by atoms with E-state index >= 15 is 0 Å². The third kappa shape index (κ3) is 4.23. The lowest BCUT2D eigenvalue weighted by Gasteiger charge is -2.23. The second-order valence-electron chi connectivity index (χ2n) is 7.94. The minimum Gasteiger partial charge on any atom is -0.381 e. The Balaban J connectivity index is 1.45. The van der Waals surface area contributed by atoms with Gasteiger partial charge < -0.3 is 10.1 Å². The predicted molar refractivity (Wildman–Crippen MR) is 116 cm³/mol. The Labute approximate surface area is 176 Å².